The highest BCUT2D eigenvalue weighted by Gasteiger charge is 2.25. The van der Waals surface area contributed by atoms with E-state index in [1.807, 2.05) is 19.9 Å². The number of nitrogens with zero attached hydrogens (tertiary/aromatic N) is 1. The second-order valence-corrected chi connectivity index (χ2v) is 5.83. The molecule has 0 fully saturated rings. The van der Waals surface area contributed by atoms with Crippen molar-refractivity contribution >= 4 is 18.0 Å². The third kappa shape index (κ3) is 7.13. The van der Waals surface area contributed by atoms with Gasteiger partial charge in [0.25, 0.3) is 0 Å². The van der Waals surface area contributed by atoms with Crippen LogP contribution in [0.2, 0.25) is 0 Å². The lowest BCUT2D eigenvalue weighted by Crippen LogP contribution is -2.38. The number of esters is 1. The van der Waals surface area contributed by atoms with Crippen molar-refractivity contribution in [1.29, 1.82) is 0 Å². The molecule has 0 saturated heterocycles. The maximum Gasteiger partial charge on any atom is 0.410 e. The van der Waals surface area contributed by atoms with E-state index in [4.69, 9.17) is 9.47 Å². The van der Waals surface area contributed by atoms with Crippen LogP contribution in [0.5, 0.6) is 0 Å². The molecule has 1 aromatic carbocycles. The third-order valence-corrected chi connectivity index (χ3v) is 3.04. The number of likely N-dealkylation sites (N-methyl/N-ethyl adjacent to an activating group) is 1. The molecule has 0 radical (unpaired) electrons. The van der Waals surface area contributed by atoms with Crippen molar-refractivity contribution < 1.29 is 29.0 Å². The van der Waals surface area contributed by atoms with Gasteiger partial charge in [0.2, 0.25) is 6.10 Å². The van der Waals surface area contributed by atoms with E-state index in [1.54, 1.807) is 24.3 Å². The number of benzene rings is 1. The van der Waals surface area contributed by atoms with Gasteiger partial charge in [0.05, 0.1) is 6.61 Å². The Balaban J connectivity index is 2.55. The zero-order chi connectivity index (χ0) is 18.1. The van der Waals surface area contributed by atoms with Crippen molar-refractivity contribution in [3.05, 3.63) is 35.9 Å². The SMILES string of the molecule is CC(C)COC(=O)CN(C)C(=O)O[C@@H](Cc1ccccc1)C(=O)O. The van der Waals surface area contributed by atoms with Gasteiger partial charge in [-0.3, -0.25) is 4.79 Å². The molecule has 0 bridgehead atoms. The van der Waals surface area contributed by atoms with Gasteiger partial charge in [0, 0.05) is 13.5 Å². The number of aliphatic carboxylic acids is 1. The highest BCUT2D eigenvalue weighted by Crippen LogP contribution is 2.08. The summed E-state index contributed by atoms with van der Waals surface area (Å²) in [7, 11) is 1.35. The Hall–Kier alpha value is -2.57. The van der Waals surface area contributed by atoms with E-state index >= 15 is 0 Å². The normalized spacial score (nSPS) is 11.7. The molecule has 0 unspecified atom stereocenters. The summed E-state index contributed by atoms with van der Waals surface area (Å²) in [5.41, 5.74) is 0.733. The minimum Gasteiger partial charge on any atom is -0.478 e. The smallest absolute Gasteiger partial charge is 0.410 e. The predicted molar refractivity (Wildman–Crippen MR) is 86.5 cm³/mol. The number of carbonyl (C=O) groups is 3. The molecule has 1 amide bonds. The number of carbonyl (C=O) groups excluding carboxylic acids is 2. The van der Waals surface area contributed by atoms with Crippen LogP contribution in [0.15, 0.2) is 30.3 Å². The van der Waals surface area contributed by atoms with Crippen LogP contribution < -0.4 is 0 Å². The minimum absolute atomic E-state index is 0.0492. The number of hydrogen-bond acceptors (Lipinski definition) is 5. The summed E-state index contributed by atoms with van der Waals surface area (Å²) in [5.74, 6) is -1.63. The van der Waals surface area contributed by atoms with Crippen molar-refractivity contribution in [2.75, 3.05) is 20.2 Å². The summed E-state index contributed by atoms with van der Waals surface area (Å²) in [5, 5.41) is 9.21. The van der Waals surface area contributed by atoms with E-state index in [1.165, 1.54) is 7.05 Å². The largest absolute Gasteiger partial charge is 0.478 e. The lowest BCUT2D eigenvalue weighted by molar-refractivity contribution is -0.147. The molecule has 1 N–H and O–H groups in total. The Morgan fingerprint density at radius 2 is 1.79 bits per heavy atom. The maximum atomic E-state index is 12.0. The fourth-order valence-electron chi connectivity index (χ4n) is 1.78. The van der Waals surface area contributed by atoms with Crippen LogP contribution >= 0.6 is 0 Å². The van der Waals surface area contributed by atoms with E-state index in [0.29, 0.717) is 0 Å². The van der Waals surface area contributed by atoms with E-state index < -0.39 is 24.1 Å². The molecule has 1 rings (SSSR count). The van der Waals surface area contributed by atoms with Gasteiger partial charge in [-0.05, 0) is 11.5 Å². The number of hydrogen-bond donors (Lipinski definition) is 1. The van der Waals surface area contributed by atoms with Gasteiger partial charge >= 0.3 is 18.0 Å². The third-order valence-electron chi connectivity index (χ3n) is 3.04. The zero-order valence-electron chi connectivity index (χ0n) is 14.1. The molecule has 1 atom stereocenters. The molecule has 132 valence electrons. The summed E-state index contributed by atoms with van der Waals surface area (Å²) in [6.45, 7) is 3.75. The molecule has 7 nitrogen and oxygen atoms in total. The summed E-state index contributed by atoms with van der Waals surface area (Å²) >= 11 is 0. The molecule has 24 heavy (non-hydrogen) atoms. The Kier molecular flexibility index (Phi) is 7.74. The number of carboxylic acid groups (broad SMARTS) is 1. The van der Waals surface area contributed by atoms with E-state index in [9.17, 15) is 19.5 Å². The highest BCUT2D eigenvalue weighted by molar-refractivity contribution is 5.80. The fourth-order valence-corrected chi connectivity index (χ4v) is 1.78. The molecule has 0 aromatic heterocycles. The molecular formula is C17H23NO6. The van der Waals surface area contributed by atoms with Gasteiger partial charge in [-0.1, -0.05) is 44.2 Å². The van der Waals surface area contributed by atoms with Gasteiger partial charge in [-0.2, -0.15) is 0 Å². The number of amides is 1. The molecule has 0 spiro atoms. The minimum atomic E-state index is -1.32. The van der Waals surface area contributed by atoms with Crippen molar-refractivity contribution in [3.63, 3.8) is 0 Å². The standard InChI is InChI=1S/C17H23NO6/c1-12(2)11-23-15(19)10-18(3)17(22)24-14(16(20)21)9-13-7-5-4-6-8-13/h4-8,12,14H,9-11H2,1-3H3,(H,20,21)/t14-/m0/s1. The monoisotopic (exact) mass is 337 g/mol. The van der Waals surface area contributed by atoms with Gasteiger partial charge in [0.15, 0.2) is 0 Å². The highest BCUT2D eigenvalue weighted by atomic mass is 16.6. The van der Waals surface area contributed by atoms with Crippen LogP contribution in [0.3, 0.4) is 0 Å². The Labute approximate surface area is 141 Å². The number of rotatable bonds is 8. The topological polar surface area (TPSA) is 93.1 Å². The van der Waals surface area contributed by atoms with E-state index in [0.717, 1.165) is 10.5 Å². The van der Waals surface area contributed by atoms with Gasteiger partial charge in [-0.25, -0.2) is 9.59 Å². The molecule has 0 saturated carbocycles. The van der Waals surface area contributed by atoms with Crippen molar-refractivity contribution in [1.82, 2.24) is 4.90 Å². The first-order chi connectivity index (χ1) is 11.3. The maximum absolute atomic E-state index is 12.0. The lowest BCUT2D eigenvalue weighted by atomic mass is 10.1. The number of carboxylic acids is 1. The molecule has 1 aromatic rings. The lowest BCUT2D eigenvalue weighted by Gasteiger charge is -2.20. The van der Waals surface area contributed by atoms with Crippen LogP contribution in [-0.2, 0) is 25.5 Å². The van der Waals surface area contributed by atoms with Crippen LogP contribution in [0.1, 0.15) is 19.4 Å². The first-order valence-electron chi connectivity index (χ1n) is 7.63. The first-order valence-corrected chi connectivity index (χ1v) is 7.63. The van der Waals surface area contributed by atoms with E-state index in [-0.39, 0.29) is 25.5 Å². The zero-order valence-corrected chi connectivity index (χ0v) is 14.1. The fraction of sp³-hybridized carbons (Fsp3) is 0.471. The second kappa shape index (κ2) is 9.54. The van der Waals surface area contributed by atoms with E-state index in [2.05, 4.69) is 0 Å². The van der Waals surface area contributed by atoms with Gasteiger partial charge in [0.1, 0.15) is 6.54 Å². The Bertz CT molecular complexity index is 557. The molecule has 0 aliphatic heterocycles. The molecule has 0 aliphatic carbocycles. The summed E-state index contributed by atoms with van der Waals surface area (Å²) in [4.78, 5) is 35.8. The predicted octanol–water partition coefficient (Wildman–Crippen LogP) is 1.95. The van der Waals surface area contributed by atoms with Crippen molar-refractivity contribution in [2.45, 2.75) is 26.4 Å². The van der Waals surface area contributed by atoms with Gasteiger partial charge in [-0.15, -0.1) is 0 Å². The average Bonchev–Trinajstić information content (AvgIpc) is 2.53. The van der Waals surface area contributed by atoms with Crippen LogP contribution in [0, 0.1) is 5.92 Å². The summed E-state index contributed by atoms with van der Waals surface area (Å²) < 4.78 is 9.95. The second-order valence-electron chi connectivity index (χ2n) is 5.83. The molecular weight excluding hydrogens is 314 g/mol. The Morgan fingerprint density at radius 1 is 1.17 bits per heavy atom. The quantitative estimate of drug-likeness (QED) is 0.729. The first kappa shape index (κ1) is 19.5. The molecule has 0 heterocycles. The van der Waals surface area contributed by atoms with Crippen LogP contribution in [0.4, 0.5) is 4.79 Å². The molecule has 7 heteroatoms. The number of ether oxygens (including phenoxy) is 2. The van der Waals surface area contributed by atoms with Crippen LogP contribution in [-0.4, -0.2) is 54.3 Å². The van der Waals surface area contributed by atoms with Crippen molar-refractivity contribution in [2.24, 2.45) is 5.92 Å². The average molecular weight is 337 g/mol. The Morgan fingerprint density at radius 3 is 2.33 bits per heavy atom. The van der Waals surface area contributed by atoms with Crippen molar-refractivity contribution in [3.8, 4) is 0 Å². The van der Waals surface area contributed by atoms with Gasteiger partial charge < -0.3 is 19.5 Å². The summed E-state index contributed by atoms with van der Waals surface area (Å²) in [6, 6.07) is 8.84. The summed E-state index contributed by atoms with van der Waals surface area (Å²) in [6.07, 6.45) is -2.16. The van der Waals surface area contributed by atoms with Crippen LogP contribution in [0.25, 0.3) is 0 Å². The molecule has 0 aliphatic rings.